The van der Waals surface area contributed by atoms with E-state index in [9.17, 15) is 9.90 Å². The van der Waals surface area contributed by atoms with Crippen LogP contribution in [0.1, 0.15) is 45.4 Å². The van der Waals surface area contributed by atoms with Crippen molar-refractivity contribution >= 4 is 5.91 Å². The smallest absolute Gasteiger partial charge is 0.225 e. The molecule has 1 N–H and O–H groups in total. The Bertz CT molecular complexity index is 348. The van der Waals surface area contributed by atoms with Crippen LogP contribution in [0.25, 0.3) is 0 Å². The Morgan fingerprint density at radius 1 is 1.29 bits per heavy atom. The number of hydrogen-bond acceptors (Lipinski definition) is 2. The number of rotatable bonds is 5. The summed E-state index contributed by atoms with van der Waals surface area (Å²) in [6.07, 6.45) is 0.418. The first-order chi connectivity index (χ1) is 8.07. The van der Waals surface area contributed by atoms with Crippen LogP contribution >= 0.6 is 0 Å². The molecule has 0 aliphatic heterocycles. The summed E-state index contributed by atoms with van der Waals surface area (Å²) in [6.45, 7) is 5.80. The van der Waals surface area contributed by atoms with Gasteiger partial charge in [-0.15, -0.1) is 0 Å². The number of benzene rings is 1. The molecule has 0 fully saturated rings. The Morgan fingerprint density at radius 2 is 1.88 bits per heavy atom. The minimum Gasteiger partial charge on any atom is -0.369 e. The van der Waals surface area contributed by atoms with Crippen molar-refractivity contribution in [3.8, 4) is 0 Å². The highest BCUT2D eigenvalue weighted by Crippen LogP contribution is 2.21. The molecule has 1 atom stereocenters. The van der Waals surface area contributed by atoms with E-state index in [2.05, 4.69) is 0 Å². The average Bonchev–Trinajstić information content (AvgIpc) is 2.30. The van der Waals surface area contributed by atoms with Crippen molar-refractivity contribution in [2.45, 2.75) is 45.9 Å². The van der Waals surface area contributed by atoms with Gasteiger partial charge in [0.25, 0.3) is 0 Å². The fourth-order valence-corrected chi connectivity index (χ4v) is 1.84. The standard InChI is InChI=1S/C14H21NO2/c1-4-8-13(16)15(11(2)3)14(17)12-9-6-5-7-10-12/h5-7,9-11,14,17H,4,8H2,1-3H3. The molecule has 3 nitrogen and oxygen atoms in total. The van der Waals surface area contributed by atoms with E-state index in [0.717, 1.165) is 12.0 Å². The zero-order valence-electron chi connectivity index (χ0n) is 10.8. The van der Waals surface area contributed by atoms with Crippen LogP contribution in [0.2, 0.25) is 0 Å². The Balaban J connectivity index is 2.88. The van der Waals surface area contributed by atoms with Crippen molar-refractivity contribution in [1.82, 2.24) is 4.90 Å². The molecule has 3 heteroatoms. The van der Waals surface area contributed by atoms with E-state index < -0.39 is 6.23 Å². The summed E-state index contributed by atoms with van der Waals surface area (Å²) in [4.78, 5) is 13.5. The van der Waals surface area contributed by atoms with Crippen molar-refractivity contribution in [3.63, 3.8) is 0 Å². The fraction of sp³-hybridized carbons (Fsp3) is 0.500. The van der Waals surface area contributed by atoms with Gasteiger partial charge in [0.1, 0.15) is 0 Å². The van der Waals surface area contributed by atoms with Gasteiger partial charge in [-0.25, -0.2) is 0 Å². The molecular weight excluding hydrogens is 214 g/mol. The molecule has 1 unspecified atom stereocenters. The summed E-state index contributed by atoms with van der Waals surface area (Å²) in [5.41, 5.74) is 0.755. The molecular formula is C14H21NO2. The molecule has 0 aliphatic rings. The van der Waals surface area contributed by atoms with Gasteiger partial charge >= 0.3 is 0 Å². The summed E-state index contributed by atoms with van der Waals surface area (Å²) in [7, 11) is 0. The number of carbonyl (C=O) groups excluding carboxylic acids is 1. The second-order valence-electron chi connectivity index (χ2n) is 4.43. The van der Waals surface area contributed by atoms with Crippen molar-refractivity contribution in [1.29, 1.82) is 0 Å². The molecule has 1 rings (SSSR count). The lowest BCUT2D eigenvalue weighted by atomic mass is 10.1. The Kier molecular flexibility index (Phi) is 5.16. The largest absolute Gasteiger partial charge is 0.369 e. The molecule has 0 heterocycles. The molecule has 0 aliphatic carbocycles. The SMILES string of the molecule is CCCC(=O)N(C(C)C)C(O)c1ccccc1. The molecule has 1 aromatic carbocycles. The fourth-order valence-electron chi connectivity index (χ4n) is 1.84. The zero-order valence-corrected chi connectivity index (χ0v) is 10.8. The van der Waals surface area contributed by atoms with Gasteiger partial charge in [0.15, 0.2) is 6.23 Å². The number of aliphatic hydroxyl groups excluding tert-OH is 1. The van der Waals surface area contributed by atoms with Crippen LogP contribution < -0.4 is 0 Å². The minimum atomic E-state index is -0.852. The van der Waals surface area contributed by atoms with Crippen LogP contribution in [0.3, 0.4) is 0 Å². The lowest BCUT2D eigenvalue weighted by molar-refractivity contribution is -0.145. The maximum atomic E-state index is 12.0. The molecule has 0 aromatic heterocycles. The predicted octanol–water partition coefficient (Wildman–Crippen LogP) is 2.71. The van der Waals surface area contributed by atoms with Gasteiger partial charge in [-0.2, -0.15) is 0 Å². The van der Waals surface area contributed by atoms with Gasteiger partial charge in [-0.05, 0) is 20.3 Å². The summed E-state index contributed by atoms with van der Waals surface area (Å²) in [6, 6.07) is 9.27. The van der Waals surface area contributed by atoms with Gasteiger partial charge in [0.05, 0.1) is 0 Å². The monoisotopic (exact) mass is 235 g/mol. The van der Waals surface area contributed by atoms with Gasteiger partial charge in [-0.3, -0.25) is 4.79 Å². The Hall–Kier alpha value is -1.35. The zero-order chi connectivity index (χ0) is 12.8. The Morgan fingerprint density at radius 3 is 2.35 bits per heavy atom. The van der Waals surface area contributed by atoms with Gasteiger partial charge < -0.3 is 10.0 Å². The normalized spacial score (nSPS) is 12.5. The lowest BCUT2D eigenvalue weighted by Gasteiger charge is -2.32. The van der Waals surface area contributed by atoms with Crippen molar-refractivity contribution in [3.05, 3.63) is 35.9 Å². The van der Waals surface area contributed by atoms with Crippen LogP contribution in [-0.2, 0) is 4.79 Å². The van der Waals surface area contributed by atoms with E-state index in [1.165, 1.54) is 0 Å². The van der Waals surface area contributed by atoms with Gasteiger partial charge in [-0.1, -0.05) is 37.3 Å². The predicted molar refractivity (Wildman–Crippen MR) is 68.3 cm³/mol. The quantitative estimate of drug-likeness (QED) is 0.797. The molecule has 0 saturated carbocycles. The van der Waals surface area contributed by atoms with Crippen LogP contribution in [0.5, 0.6) is 0 Å². The van der Waals surface area contributed by atoms with Gasteiger partial charge in [0.2, 0.25) is 5.91 Å². The lowest BCUT2D eigenvalue weighted by Crippen LogP contribution is -2.39. The van der Waals surface area contributed by atoms with E-state index in [4.69, 9.17) is 0 Å². The second-order valence-corrected chi connectivity index (χ2v) is 4.43. The molecule has 94 valence electrons. The number of hydrogen-bond donors (Lipinski definition) is 1. The van der Waals surface area contributed by atoms with E-state index in [1.807, 2.05) is 51.1 Å². The van der Waals surface area contributed by atoms with E-state index in [1.54, 1.807) is 4.90 Å². The van der Waals surface area contributed by atoms with Crippen LogP contribution in [0.15, 0.2) is 30.3 Å². The average molecular weight is 235 g/mol. The number of carbonyl (C=O) groups is 1. The number of aliphatic hydroxyl groups is 1. The highest BCUT2D eigenvalue weighted by molar-refractivity contribution is 5.76. The van der Waals surface area contributed by atoms with Crippen LogP contribution in [0, 0.1) is 0 Å². The first-order valence-corrected chi connectivity index (χ1v) is 6.12. The van der Waals surface area contributed by atoms with Gasteiger partial charge in [0, 0.05) is 18.0 Å². The van der Waals surface area contributed by atoms with E-state index >= 15 is 0 Å². The third-order valence-corrected chi connectivity index (χ3v) is 2.67. The molecule has 1 amide bonds. The first-order valence-electron chi connectivity index (χ1n) is 6.12. The van der Waals surface area contributed by atoms with Crippen LogP contribution in [0.4, 0.5) is 0 Å². The highest BCUT2D eigenvalue weighted by Gasteiger charge is 2.24. The van der Waals surface area contributed by atoms with E-state index in [0.29, 0.717) is 6.42 Å². The van der Waals surface area contributed by atoms with Crippen molar-refractivity contribution < 1.29 is 9.90 Å². The maximum Gasteiger partial charge on any atom is 0.225 e. The molecule has 0 bridgehead atoms. The topological polar surface area (TPSA) is 40.5 Å². The summed E-state index contributed by atoms with van der Waals surface area (Å²) < 4.78 is 0. The summed E-state index contributed by atoms with van der Waals surface area (Å²) >= 11 is 0. The highest BCUT2D eigenvalue weighted by atomic mass is 16.3. The molecule has 0 spiro atoms. The van der Waals surface area contributed by atoms with E-state index in [-0.39, 0.29) is 11.9 Å². The first kappa shape index (κ1) is 13.7. The third kappa shape index (κ3) is 3.56. The summed E-state index contributed by atoms with van der Waals surface area (Å²) in [5.74, 6) is -0.00106. The van der Waals surface area contributed by atoms with Crippen molar-refractivity contribution in [2.24, 2.45) is 0 Å². The maximum absolute atomic E-state index is 12.0. The molecule has 0 saturated heterocycles. The second kappa shape index (κ2) is 6.40. The molecule has 1 aromatic rings. The van der Waals surface area contributed by atoms with Crippen molar-refractivity contribution in [2.75, 3.05) is 0 Å². The minimum absolute atomic E-state index is 0.00106. The third-order valence-electron chi connectivity index (χ3n) is 2.67. The number of amides is 1. The molecule has 0 radical (unpaired) electrons. The van der Waals surface area contributed by atoms with Crippen LogP contribution in [-0.4, -0.2) is 22.0 Å². The molecule has 17 heavy (non-hydrogen) atoms. The summed E-state index contributed by atoms with van der Waals surface area (Å²) in [5, 5.41) is 10.3. The number of nitrogens with zero attached hydrogens (tertiary/aromatic N) is 1. The Labute approximate surface area is 103 Å².